The molecule has 0 saturated heterocycles. The molecule has 272 valence electrons. The first kappa shape index (κ1) is 33.9. The monoisotopic (exact) mass is 705 g/mol. The third kappa shape index (κ3) is 5.90. The highest BCUT2D eigenvalue weighted by Gasteiger charge is 2.39. The van der Waals surface area contributed by atoms with Gasteiger partial charge in [0.25, 0.3) is 0 Å². The van der Waals surface area contributed by atoms with E-state index < -0.39 is 0 Å². The number of nitrogens with zero attached hydrogens (tertiary/aromatic N) is 1. The third-order valence-electron chi connectivity index (χ3n) is 14.3. The van der Waals surface area contributed by atoms with Crippen LogP contribution in [-0.4, -0.2) is 0 Å². The second kappa shape index (κ2) is 13.9. The zero-order valence-corrected chi connectivity index (χ0v) is 32.4. The van der Waals surface area contributed by atoms with E-state index in [0.717, 1.165) is 30.6 Å². The molecule has 5 aromatic rings. The van der Waals surface area contributed by atoms with Gasteiger partial charge in [-0.2, -0.15) is 0 Å². The fourth-order valence-electron chi connectivity index (χ4n) is 11.6. The first-order chi connectivity index (χ1) is 26.5. The minimum atomic E-state index is -0.101. The lowest BCUT2D eigenvalue weighted by molar-refractivity contribution is 0.350. The van der Waals surface area contributed by atoms with Crippen molar-refractivity contribution in [2.75, 3.05) is 4.90 Å². The van der Waals surface area contributed by atoms with E-state index in [-0.39, 0.29) is 5.41 Å². The molecule has 3 atom stereocenters. The van der Waals surface area contributed by atoms with Gasteiger partial charge in [-0.1, -0.05) is 137 Å². The van der Waals surface area contributed by atoms with E-state index in [0.29, 0.717) is 5.92 Å². The molecule has 0 radical (unpaired) electrons. The highest BCUT2D eigenvalue weighted by Crippen LogP contribution is 2.54. The van der Waals surface area contributed by atoms with Crippen LogP contribution in [0.1, 0.15) is 119 Å². The molecule has 0 aliphatic heterocycles. The van der Waals surface area contributed by atoms with E-state index in [4.69, 9.17) is 0 Å². The van der Waals surface area contributed by atoms with Crippen molar-refractivity contribution in [3.05, 3.63) is 155 Å². The molecule has 54 heavy (non-hydrogen) atoms. The van der Waals surface area contributed by atoms with Crippen LogP contribution in [0.2, 0.25) is 0 Å². The standard InChI is InChI=1S/C53H55N/c1-53(2)50-31-26-40(37-15-5-3-6-16-37)34-49(50)46-30-29-43(35-51(46)53)54(42-27-24-39(25-28-42)48-33-36-14-13-19-41(48)32-36)52-23-12-11-22-47(52)45-21-10-9-20-44(45)38-17-7-4-8-18-38/h3,5-6,9,11-12,15-16,20,22-31,34-36,38,41,48H,4,7-8,10,13-14,17-19,21,32-33H2,1-2H3. The van der Waals surface area contributed by atoms with Crippen LogP contribution in [0.3, 0.4) is 0 Å². The summed E-state index contributed by atoms with van der Waals surface area (Å²) in [6.07, 6.45) is 21.0. The predicted molar refractivity (Wildman–Crippen MR) is 229 cm³/mol. The number of anilines is 3. The maximum absolute atomic E-state index is 2.60. The molecule has 5 aliphatic carbocycles. The molecule has 10 rings (SSSR count). The maximum atomic E-state index is 2.60. The Balaban J connectivity index is 1.11. The predicted octanol–water partition coefficient (Wildman–Crippen LogP) is 15.1. The minimum absolute atomic E-state index is 0.101. The van der Waals surface area contributed by atoms with Crippen LogP contribution in [0.25, 0.3) is 27.8 Å². The topological polar surface area (TPSA) is 3.24 Å². The van der Waals surface area contributed by atoms with Crippen molar-refractivity contribution in [3.8, 4) is 22.3 Å². The summed E-state index contributed by atoms with van der Waals surface area (Å²) in [7, 11) is 0. The summed E-state index contributed by atoms with van der Waals surface area (Å²) >= 11 is 0. The van der Waals surface area contributed by atoms with E-state index in [1.807, 2.05) is 0 Å². The van der Waals surface area contributed by atoms with Gasteiger partial charge in [0, 0.05) is 22.4 Å². The average Bonchev–Trinajstić information content (AvgIpc) is 3.65. The largest absolute Gasteiger partial charge is 0.310 e. The summed E-state index contributed by atoms with van der Waals surface area (Å²) in [6.45, 7) is 4.84. The smallest absolute Gasteiger partial charge is 0.0536 e. The van der Waals surface area contributed by atoms with Crippen molar-refractivity contribution < 1.29 is 0 Å². The van der Waals surface area contributed by atoms with Crippen molar-refractivity contribution in [3.63, 3.8) is 0 Å². The second-order valence-corrected chi connectivity index (χ2v) is 17.8. The van der Waals surface area contributed by atoms with Crippen LogP contribution in [0.15, 0.2) is 133 Å². The van der Waals surface area contributed by atoms with Gasteiger partial charge in [-0.3, -0.25) is 0 Å². The van der Waals surface area contributed by atoms with Crippen molar-refractivity contribution in [1.29, 1.82) is 0 Å². The quantitative estimate of drug-likeness (QED) is 0.163. The van der Waals surface area contributed by atoms with E-state index in [9.17, 15) is 0 Å². The van der Waals surface area contributed by atoms with Crippen molar-refractivity contribution in [2.24, 2.45) is 17.8 Å². The molecule has 5 aromatic carbocycles. The summed E-state index contributed by atoms with van der Waals surface area (Å²) in [4.78, 5) is 2.60. The molecule has 3 unspecified atom stereocenters. The van der Waals surface area contributed by atoms with Gasteiger partial charge in [-0.15, -0.1) is 0 Å². The summed E-state index contributed by atoms with van der Waals surface area (Å²) in [5.41, 5.74) is 18.0. The number of para-hydroxylation sites is 1. The Morgan fingerprint density at radius 3 is 2.22 bits per heavy atom. The Morgan fingerprint density at radius 2 is 1.39 bits per heavy atom. The SMILES string of the molecule is CC1(C)c2ccc(-c3ccccc3)cc2-c2ccc(N(c3ccc(C4CC5CCCC4C5)cc3)c3ccccc3C3=C(C4CCCCC4)C=CCC3)cc21. The number of benzene rings is 5. The van der Waals surface area contributed by atoms with Crippen LogP contribution >= 0.6 is 0 Å². The Kier molecular flexibility index (Phi) is 8.73. The molecule has 0 spiro atoms. The van der Waals surface area contributed by atoms with E-state index in [1.54, 1.807) is 16.7 Å². The summed E-state index contributed by atoms with van der Waals surface area (Å²) in [5.74, 6) is 3.22. The summed E-state index contributed by atoms with van der Waals surface area (Å²) in [5, 5.41) is 0. The Hall–Kier alpha value is -4.62. The Labute approximate surface area is 323 Å². The zero-order chi connectivity index (χ0) is 36.2. The molecule has 0 amide bonds. The molecule has 0 heterocycles. The van der Waals surface area contributed by atoms with Gasteiger partial charge >= 0.3 is 0 Å². The molecule has 0 aromatic heterocycles. The van der Waals surface area contributed by atoms with E-state index in [1.165, 1.54) is 120 Å². The highest BCUT2D eigenvalue weighted by molar-refractivity contribution is 5.91. The second-order valence-electron chi connectivity index (χ2n) is 17.8. The van der Waals surface area contributed by atoms with E-state index in [2.05, 4.69) is 146 Å². The molecule has 1 nitrogen and oxygen atoms in total. The number of rotatable bonds is 7. The van der Waals surface area contributed by atoms with Gasteiger partial charge in [0.15, 0.2) is 0 Å². The third-order valence-corrected chi connectivity index (χ3v) is 14.3. The number of fused-ring (bicyclic) bond motifs is 5. The maximum Gasteiger partial charge on any atom is 0.0536 e. The molecular formula is C53H55N. The van der Waals surface area contributed by atoms with Crippen LogP contribution < -0.4 is 4.90 Å². The van der Waals surface area contributed by atoms with Gasteiger partial charge < -0.3 is 4.90 Å². The van der Waals surface area contributed by atoms with Crippen LogP contribution in [-0.2, 0) is 5.41 Å². The Morgan fingerprint density at radius 1 is 0.593 bits per heavy atom. The van der Waals surface area contributed by atoms with Crippen molar-refractivity contribution in [1.82, 2.24) is 0 Å². The van der Waals surface area contributed by atoms with Crippen LogP contribution in [0, 0.1) is 17.8 Å². The van der Waals surface area contributed by atoms with Gasteiger partial charge in [-0.05, 0) is 155 Å². The van der Waals surface area contributed by atoms with Gasteiger partial charge in [0.05, 0.1) is 5.69 Å². The number of hydrogen-bond acceptors (Lipinski definition) is 1. The van der Waals surface area contributed by atoms with Crippen LogP contribution in [0.4, 0.5) is 17.1 Å². The summed E-state index contributed by atoms with van der Waals surface area (Å²) in [6, 6.07) is 44.6. The number of allylic oxidation sites excluding steroid dienone is 4. The van der Waals surface area contributed by atoms with Crippen LogP contribution in [0.5, 0.6) is 0 Å². The molecule has 5 aliphatic rings. The first-order valence-corrected chi connectivity index (χ1v) is 21.3. The molecular weight excluding hydrogens is 651 g/mol. The summed E-state index contributed by atoms with van der Waals surface area (Å²) < 4.78 is 0. The Bertz CT molecular complexity index is 2230. The van der Waals surface area contributed by atoms with Crippen molar-refractivity contribution >= 4 is 22.6 Å². The van der Waals surface area contributed by atoms with Gasteiger partial charge in [0.1, 0.15) is 0 Å². The lowest BCUT2D eigenvalue weighted by atomic mass is 9.77. The van der Waals surface area contributed by atoms with E-state index >= 15 is 0 Å². The average molecular weight is 706 g/mol. The fraction of sp³-hybridized carbons (Fsp3) is 0.358. The van der Waals surface area contributed by atoms with Gasteiger partial charge in [-0.25, -0.2) is 0 Å². The van der Waals surface area contributed by atoms with Crippen molar-refractivity contribution in [2.45, 2.75) is 102 Å². The lowest BCUT2D eigenvalue weighted by Crippen LogP contribution is -2.17. The molecule has 2 bridgehead atoms. The minimum Gasteiger partial charge on any atom is -0.310 e. The first-order valence-electron chi connectivity index (χ1n) is 21.3. The lowest BCUT2D eigenvalue weighted by Gasteiger charge is -2.32. The molecule has 0 N–H and O–H groups in total. The molecule has 3 saturated carbocycles. The fourth-order valence-corrected chi connectivity index (χ4v) is 11.6. The normalized spacial score (nSPS) is 23.0. The highest BCUT2D eigenvalue weighted by atomic mass is 15.1. The molecule has 1 heteroatoms. The zero-order valence-electron chi connectivity index (χ0n) is 32.4. The molecule has 3 fully saturated rings. The number of hydrogen-bond donors (Lipinski definition) is 0. The van der Waals surface area contributed by atoms with Gasteiger partial charge in [0.2, 0.25) is 0 Å².